The van der Waals surface area contributed by atoms with E-state index in [2.05, 4.69) is 20.6 Å². The van der Waals surface area contributed by atoms with Crippen molar-refractivity contribution in [3.8, 4) is 17.1 Å². The fourth-order valence-electron chi connectivity index (χ4n) is 2.38. The molecule has 2 aromatic heterocycles. The number of nitrogens with one attached hydrogen (secondary N) is 3. The van der Waals surface area contributed by atoms with Crippen molar-refractivity contribution in [3.63, 3.8) is 0 Å². The first-order valence-electron chi connectivity index (χ1n) is 7.31. The van der Waals surface area contributed by atoms with Crippen LogP contribution in [0.2, 0.25) is 0 Å². The Morgan fingerprint density at radius 3 is 2.88 bits per heavy atom. The minimum Gasteiger partial charge on any atom is -0.496 e. The average molecular weight is 328 g/mol. The zero-order chi connectivity index (χ0) is 17.1. The zero-order valence-corrected chi connectivity index (χ0v) is 13.2. The van der Waals surface area contributed by atoms with Gasteiger partial charge in [-0.15, -0.1) is 0 Å². The van der Waals surface area contributed by atoms with Gasteiger partial charge in [0.25, 0.3) is 0 Å². The van der Waals surface area contributed by atoms with E-state index >= 15 is 0 Å². The number of H-pyrrole nitrogens is 1. The second kappa shape index (κ2) is 6.45. The molecule has 8 nitrogen and oxygen atoms in total. The molecule has 2 amide bonds. The summed E-state index contributed by atoms with van der Waals surface area (Å²) in [5.74, 6) is 1.32. The lowest BCUT2D eigenvalue weighted by atomic mass is 10.1. The molecule has 3 rings (SSSR count). The van der Waals surface area contributed by atoms with Gasteiger partial charge in [-0.25, -0.2) is 9.78 Å². The molecular weight excluding hydrogens is 312 g/mol. The summed E-state index contributed by atoms with van der Waals surface area (Å²) in [6.45, 7) is 2.29. The predicted molar refractivity (Wildman–Crippen MR) is 89.3 cm³/mol. The second-order valence-corrected chi connectivity index (χ2v) is 5.00. The summed E-state index contributed by atoms with van der Waals surface area (Å²) in [7, 11) is 1.52. The highest BCUT2D eigenvalue weighted by Gasteiger charge is 2.14. The number of hydrogen-bond donors (Lipinski definition) is 3. The Morgan fingerprint density at radius 1 is 1.38 bits per heavy atom. The van der Waals surface area contributed by atoms with E-state index in [1.165, 1.54) is 19.6 Å². The minimum absolute atomic E-state index is 0.237. The molecule has 3 aromatic rings. The van der Waals surface area contributed by atoms with Gasteiger partial charge in [0.1, 0.15) is 11.6 Å². The van der Waals surface area contributed by atoms with E-state index in [9.17, 15) is 9.59 Å². The fraction of sp³-hybridized carbons (Fsp3) is 0.188. The first kappa shape index (κ1) is 15.6. The molecule has 0 bridgehead atoms. The number of aromatic nitrogens is 2. The van der Waals surface area contributed by atoms with Crippen molar-refractivity contribution in [2.24, 2.45) is 0 Å². The number of oxazole rings is 1. The molecule has 0 spiro atoms. The SMILES string of the molecule is CCNC(=O)Nc1cc(=O)c2cc(-c3cnco3)c(OC)cc2[nH]1. The summed E-state index contributed by atoms with van der Waals surface area (Å²) in [4.78, 5) is 30.9. The molecule has 0 aliphatic rings. The van der Waals surface area contributed by atoms with E-state index in [0.717, 1.165) is 0 Å². The summed E-state index contributed by atoms with van der Waals surface area (Å²) in [6, 6.07) is 4.28. The number of methoxy groups -OCH3 is 1. The molecule has 3 N–H and O–H groups in total. The number of urea groups is 1. The van der Waals surface area contributed by atoms with Crippen LogP contribution in [0.3, 0.4) is 0 Å². The molecule has 24 heavy (non-hydrogen) atoms. The first-order chi connectivity index (χ1) is 11.6. The van der Waals surface area contributed by atoms with Crippen LogP contribution in [0, 0.1) is 0 Å². The Labute approximate surface area is 136 Å². The number of fused-ring (bicyclic) bond motifs is 1. The van der Waals surface area contributed by atoms with E-state index in [1.807, 2.05) is 0 Å². The van der Waals surface area contributed by atoms with Crippen LogP contribution in [-0.2, 0) is 0 Å². The van der Waals surface area contributed by atoms with Gasteiger partial charge in [0.05, 0.1) is 24.4 Å². The smallest absolute Gasteiger partial charge is 0.320 e. The maximum atomic E-state index is 12.4. The number of aromatic amines is 1. The lowest BCUT2D eigenvalue weighted by molar-refractivity contribution is 0.252. The standard InChI is InChI=1S/C16H16N4O4/c1-3-18-16(22)20-15-6-12(21)9-4-10(14-7-17-8-24-14)13(23-2)5-11(9)19-15/h4-8H,3H2,1-2H3,(H3,18,19,20,21,22). The summed E-state index contributed by atoms with van der Waals surface area (Å²) in [5, 5.41) is 5.62. The van der Waals surface area contributed by atoms with Gasteiger partial charge in [-0.05, 0) is 13.0 Å². The Morgan fingerprint density at radius 2 is 2.21 bits per heavy atom. The fourth-order valence-corrected chi connectivity index (χ4v) is 2.38. The highest BCUT2D eigenvalue weighted by Crippen LogP contribution is 2.32. The molecule has 0 unspecified atom stereocenters. The van der Waals surface area contributed by atoms with Crippen molar-refractivity contribution in [3.05, 3.63) is 41.0 Å². The molecule has 8 heteroatoms. The highest BCUT2D eigenvalue weighted by molar-refractivity contribution is 5.92. The number of carbonyl (C=O) groups is 1. The van der Waals surface area contributed by atoms with E-state index in [4.69, 9.17) is 9.15 Å². The minimum atomic E-state index is -0.391. The largest absolute Gasteiger partial charge is 0.496 e. The molecule has 0 radical (unpaired) electrons. The normalized spacial score (nSPS) is 10.6. The second-order valence-electron chi connectivity index (χ2n) is 5.00. The molecule has 0 saturated carbocycles. The van der Waals surface area contributed by atoms with Crippen molar-refractivity contribution in [1.29, 1.82) is 0 Å². The molecule has 124 valence electrons. The Hall–Kier alpha value is -3.29. The van der Waals surface area contributed by atoms with Crippen molar-refractivity contribution in [2.45, 2.75) is 6.92 Å². The van der Waals surface area contributed by atoms with Gasteiger partial charge in [0.15, 0.2) is 17.6 Å². The van der Waals surface area contributed by atoms with Gasteiger partial charge in [-0.3, -0.25) is 10.1 Å². The summed E-state index contributed by atoms with van der Waals surface area (Å²) < 4.78 is 10.7. The number of amides is 2. The van der Waals surface area contributed by atoms with Crippen LogP contribution in [0.25, 0.3) is 22.2 Å². The van der Waals surface area contributed by atoms with Crippen LogP contribution >= 0.6 is 0 Å². The van der Waals surface area contributed by atoms with Crippen LogP contribution in [0.1, 0.15) is 6.92 Å². The first-order valence-corrected chi connectivity index (χ1v) is 7.31. The molecule has 0 aliphatic heterocycles. The quantitative estimate of drug-likeness (QED) is 0.681. The Balaban J connectivity index is 2.10. The number of anilines is 1. The topological polar surface area (TPSA) is 109 Å². The third-order valence-electron chi connectivity index (χ3n) is 3.43. The van der Waals surface area contributed by atoms with Crippen LogP contribution < -0.4 is 20.8 Å². The summed E-state index contributed by atoms with van der Waals surface area (Å²) in [5.41, 5.74) is 0.922. The Kier molecular flexibility index (Phi) is 4.19. The van der Waals surface area contributed by atoms with Crippen LogP contribution in [0.5, 0.6) is 5.75 Å². The van der Waals surface area contributed by atoms with Gasteiger partial charge >= 0.3 is 6.03 Å². The third kappa shape index (κ3) is 2.94. The molecule has 1 aromatic carbocycles. The number of nitrogens with zero attached hydrogens (tertiary/aromatic N) is 1. The van der Waals surface area contributed by atoms with Gasteiger partial charge in [0.2, 0.25) is 0 Å². The molecule has 0 aliphatic carbocycles. The van der Waals surface area contributed by atoms with Gasteiger partial charge in [0, 0.05) is 24.1 Å². The predicted octanol–water partition coefficient (Wildman–Crippen LogP) is 2.33. The molecule has 0 saturated heterocycles. The van der Waals surface area contributed by atoms with Crippen LogP contribution in [0.15, 0.2) is 40.0 Å². The van der Waals surface area contributed by atoms with E-state index in [0.29, 0.717) is 40.3 Å². The maximum absolute atomic E-state index is 12.4. The summed E-state index contributed by atoms with van der Waals surface area (Å²) >= 11 is 0. The van der Waals surface area contributed by atoms with E-state index in [-0.39, 0.29) is 5.43 Å². The van der Waals surface area contributed by atoms with Gasteiger partial charge in [-0.2, -0.15) is 0 Å². The average Bonchev–Trinajstić information content (AvgIpc) is 3.08. The van der Waals surface area contributed by atoms with Crippen molar-refractivity contribution >= 4 is 22.8 Å². The number of carbonyl (C=O) groups excluding carboxylic acids is 1. The van der Waals surface area contributed by atoms with Gasteiger partial charge < -0.3 is 19.5 Å². The Bertz CT molecular complexity index is 931. The maximum Gasteiger partial charge on any atom is 0.320 e. The lowest BCUT2D eigenvalue weighted by Gasteiger charge is -2.10. The third-order valence-corrected chi connectivity index (χ3v) is 3.43. The molecule has 0 fully saturated rings. The number of pyridine rings is 1. The number of rotatable bonds is 4. The van der Waals surface area contributed by atoms with Crippen molar-refractivity contribution < 1.29 is 13.9 Å². The van der Waals surface area contributed by atoms with Crippen molar-refractivity contribution in [2.75, 3.05) is 19.0 Å². The van der Waals surface area contributed by atoms with Crippen molar-refractivity contribution in [1.82, 2.24) is 15.3 Å². The van der Waals surface area contributed by atoms with Crippen LogP contribution in [0.4, 0.5) is 10.6 Å². The molecular formula is C16H16N4O4. The number of ether oxygens (including phenoxy) is 1. The lowest BCUT2D eigenvalue weighted by Crippen LogP contribution is -2.29. The number of benzene rings is 1. The highest BCUT2D eigenvalue weighted by atomic mass is 16.5. The van der Waals surface area contributed by atoms with Crippen LogP contribution in [-0.4, -0.2) is 29.7 Å². The van der Waals surface area contributed by atoms with Gasteiger partial charge in [-0.1, -0.05) is 0 Å². The van der Waals surface area contributed by atoms with E-state index < -0.39 is 6.03 Å². The molecule has 2 heterocycles. The zero-order valence-electron chi connectivity index (χ0n) is 13.2. The summed E-state index contributed by atoms with van der Waals surface area (Å²) in [6.07, 6.45) is 2.85. The monoisotopic (exact) mass is 328 g/mol. The van der Waals surface area contributed by atoms with E-state index in [1.54, 1.807) is 25.3 Å². The number of hydrogen-bond acceptors (Lipinski definition) is 5. The molecule has 0 atom stereocenters.